The molecule has 138 valence electrons. The van der Waals surface area contributed by atoms with Gasteiger partial charge in [0.25, 0.3) is 5.91 Å². The minimum absolute atomic E-state index is 0.0206. The molecule has 1 N–H and O–H groups in total. The molecule has 4 rings (SSSR count). The summed E-state index contributed by atoms with van der Waals surface area (Å²) in [5, 5.41) is 8.31. The van der Waals surface area contributed by atoms with Crippen molar-refractivity contribution in [3.8, 4) is 0 Å². The minimum atomic E-state index is -0.0206. The van der Waals surface area contributed by atoms with E-state index in [2.05, 4.69) is 31.7 Å². The number of aromatic nitrogens is 3. The van der Waals surface area contributed by atoms with Crippen LogP contribution in [0.3, 0.4) is 0 Å². The lowest BCUT2D eigenvalue weighted by Crippen LogP contribution is -2.26. The van der Waals surface area contributed by atoms with Crippen LogP contribution >= 0.6 is 34.0 Å². The van der Waals surface area contributed by atoms with Crippen LogP contribution in [-0.4, -0.2) is 32.8 Å². The second-order valence-electron chi connectivity index (χ2n) is 6.03. The summed E-state index contributed by atoms with van der Waals surface area (Å²) in [6.07, 6.45) is 1.54. The number of hydrogen-bond donors (Lipinski definition) is 1. The van der Waals surface area contributed by atoms with Gasteiger partial charge in [-0.15, -0.1) is 34.0 Å². The van der Waals surface area contributed by atoms with E-state index >= 15 is 0 Å². The fourth-order valence-electron chi connectivity index (χ4n) is 2.80. The smallest absolute Gasteiger partial charge is 0.264 e. The molecule has 0 saturated carbocycles. The van der Waals surface area contributed by atoms with E-state index in [1.807, 2.05) is 18.4 Å². The van der Waals surface area contributed by atoms with E-state index in [0.717, 1.165) is 27.3 Å². The summed E-state index contributed by atoms with van der Waals surface area (Å²) >= 11 is 4.64. The zero-order chi connectivity index (χ0) is 18.8. The first-order valence-corrected chi connectivity index (χ1v) is 10.9. The molecule has 4 aromatic rings. The first-order valence-electron chi connectivity index (χ1n) is 8.26. The number of thiophene rings is 2. The molecule has 0 aliphatic rings. The summed E-state index contributed by atoms with van der Waals surface area (Å²) in [6, 6.07) is 4.11. The van der Waals surface area contributed by atoms with Crippen LogP contribution in [0.15, 0.2) is 34.7 Å². The number of fused-ring (bicyclic) bond motifs is 1. The van der Waals surface area contributed by atoms with Gasteiger partial charge in [0.05, 0.1) is 34.6 Å². The average molecular weight is 416 g/mol. The molecule has 4 aromatic heterocycles. The molecule has 0 bridgehead atoms. The topological polar surface area (TPSA) is 71.0 Å². The number of carbonyl (C=O) groups is 1. The van der Waals surface area contributed by atoms with E-state index < -0.39 is 0 Å². The van der Waals surface area contributed by atoms with E-state index in [1.54, 1.807) is 35.1 Å². The maximum absolute atomic E-state index is 13.0. The molecule has 6 nitrogen and oxygen atoms in total. The highest BCUT2D eigenvalue weighted by atomic mass is 32.1. The molecule has 0 unspecified atom stereocenters. The van der Waals surface area contributed by atoms with E-state index in [4.69, 9.17) is 0 Å². The first kappa shape index (κ1) is 18.0. The Labute approximate surface area is 168 Å². The van der Waals surface area contributed by atoms with Crippen molar-refractivity contribution in [2.75, 3.05) is 12.4 Å². The number of hydrogen-bond acceptors (Lipinski definition) is 8. The molecule has 0 aliphatic heterocycles. The predicted molar refractivity (Wildman–Crippen MR) is 112 cm³/mol. The summed E-state index contributed by atoms with van der Waals surface area (Å²) in [5.74, 6) is 0.746. The number of aryl methyl sites for hydroxylation is 1. The van der Waals surface area contributed by atoms with Gasteiger partial charge in [-0.25, -0.2) is 15.0 Å². The molecule has 0 aromatic carbocycles. The Morgan fingerprint density at radius 1 is 1.30 bits per heavy atom. The second-order valence-corrected chi connectivity index (χ2v) is 8.78. The molecule has 9 heteroatoms. The van der Waals surface area contributed by atoms with Crippen LogP contribution in [0.25, 0.3) is 10.2 Å². The van der Waals surface area contributed by atoms with Crippen molar-refractivity contribution in [1.82, 2.24) is 19.9 Å². The van der Waals surface area contributed by atoms with Gasteiger partial charge in [-0.3, -0.25) is 4.79 Å². The van der Waals surface area contributed by atoms with Crippen molar-refractivity contribution in [1.29, 1.82) is 0 Å². The molecular formula is C18H17N5OS3. The molecule has 0 fully saturated rings. The van der Waals surface area contributed by atoms with E-state index in [1.165, 1.54) is 27.6 Å². The summed E-state index contributed by atoms with van der Waals surface area (Å²) in [4.78, 5) is 30.4. The average Bonchev–Trinajstić information content (AvgIpc) is 3.41. The maximum Gasteiger partial charge on any atom is 0.264 e. The Bertz CT molecular complexity index is 1060. The highest BCUT2D eigenvalue weighted by molar-refractivity contribution is 7.20. The van der Waals surface area contributed by atoms with Crippen LogP contribution in [0.5, 0.6) is 0 Å². The van der Waals surface area contributed by atoms with Crippen molar-refractivity contribution in [3.63, 3.8) is 0 Å². The quantitative estimate of drug-likeness (QED) is 0.505. The molecule has 0 atom stereocenters. The lowest BCUT2D eigenvalue weighted by Gasteiger charge is -2.15. The van der Waals surface area contributed by atoms with Gasteiger partial charge >= 0.3 is 0 Å². The van der Waals surface area contributed by atoms with Crippen molar-refractivity contribution in [2.24, 2.45) is 0 Å². The highest BCUT2D eigenvalue weighted by Gasteiger charge is 2.22. The summed E-state index contributed by atoms with van der Waals surface area (Å²) in [7, 11) is 1.80. The number of rotatable bonds is 6. The Balaban J connectivity index is 1.61. The third-order valence-corrected chi connectivity index (χ3v) is 6.86. The summed E-state index contributed by atoms with van der Waals surface area (Å²) in [6.45, 7) is 3.15. The van der Waals surface area contributed by atoms with Gasteiger partial charge in [0.2, 0.25) is 0 Å². The van der Waals surface area contributed by atoms with Gasteiger partial charge in [0.15, 0.2) is 0 Å². The molecular weight excluding hydrogens is 398 g/mol. The lowest BCUT2D eigenvalue weighted by molar-refractivity contribution is 0.0788. The number of anilines is 1. The first-order chi connectivity index (χ1) is 13.1. The fraction of sp³-hybridized carbons (Fsp3) is 0.222. The molecule has 1 amide bonds. The van der Waals surface area contributed by atoms with Gasteiger partial charge in [0, 0.05) is 17.3 Å². The van der Waals surface area contributed by atoms with Gasteiger partial charge in [-0.2, -0.15) is 0 Å². The van der Waals surface area contributed by atoms with Crippen LogP contribution in [-0.2, 0) is 13.1 Å². The number of nitrogens with one attached hydrogen (secondary N) is 1. The summed E-state index contributed by atoms with van der Waals surface area (Å²) < 4.78 is 0. The lowest BCUT2D eigenvalue weighted by atomic mass is 10.2. The van der Waals surface area contributed by atoms with Crippen LogP contribution in [0.4, 0.5) is 5.82 Å². The van der Waals surface area contributed by atoms with Crippen molar-refractivity contribution in [3.05, 3.63) is 55.7 Å². The van der Waals surface area contributed by atoms with Gasteiger partial charge in [-0.05, 0) is 23.9 Å². The van der Waals surface area contributed by atoms with E-state index in [9.17, 15) is 4.79 Å². The largest absolute Gasteiger partial charge is 0.365 e. The number of amides is 1. The number of thiazole rings is 1. The zero-order valence-electron chi connectivity index (χ0n) is 14.8. The van der Waals surface area contributed by atoms with Crippen molar-refractivity contribution >= 4 is 56.0 Å². The number of carbonyl (C=O) groups excluding carboxylic acids is 1. The molecule has 4 heterocycles. The molecule has 27 heavy (non-hydrogen) atoms. The molecule has 0 spiro atoms. The fourth-order valence-corrected chi connectivity index (χ4v) is 5.13. The van der Waals surface area contributed by atoms with Crippen LogP contribution < -0.4 is 5.32 Å². The Kier molecular flexibility index (Phi) is 5.15. The zero-order valence-corrected chi connectivity index (χ0v) is 17.2. The Hall–Kier alpha value is -2.36. The van der Waals surface area contributed by atoms with Crippen LogP contribution in [0, 0.1) is 6.92 Å². The molecule has 0 radical (unpaired) electrons. The van der Waals surface area contributed by atoms with Crippen molar-refractivity contribution < 1.29 is 4.79 Å². The van der Waals surface area contributed by atoms with Gasteiger partial charge in [-0.1, -0.05) is 6.07 Å². The van der Waals surface area contributed by atoms with Crippen LogP contribution in [0.2, 0.25) is 0 Å². The Morgan fingerprint density at radius 2 is 2.19 bits per heavy atom. The number of nitrogens with zero attached hydrogens (tertiary/aromatic N) is 4. The molecule has 0 aliphatic carbocycles. The van der Waals surface area contributed by atoms with E-state index in [0.29, 0.717) is 18.0 Å². The highest BCUT2D eigenvalue weighted by Crippen LogP contribution is 2.34. The standard InChI is InChI=1S/C18H17N5OS3/c1-11-14-16(19-6-13-4-3-5-26-13)20-9-21-17(14)27-15(11)18(24)23(2)7-12-8-25-10-22-12/h3-5,8-10H,6-7H2,1-2H3,(H,19,20,21). The Morgan fingerprint density at radius 3 is 2.93 bits per heavy atom. The van der Waals surface area contributed by atoms with Gasteiger partial charge < -0.3 is 10.2 Å². The van der Waals surface area contributed by atoms with Gasteiger partial charge in [0.1, 0.15) is 17.0 Å². The SMILES string of the molecule is Cc1c(C(=O)N(C)Cc2cscn2)sc2ncnc(NCc3cccs3)c12. The summed E-state index contributed by atoms with van der Waals surface area (Å²) in [5.41, 5.74) is 3.59. The molecule has 0 saturated heterocycles. The minimum Gasteiger partial charge on any atom is -0.365 e. The predicted octanol–water partition coefficient (Wildman–Crippen LogP) is 4.40. The second kappa shape index (κ2) is 7.71. The van der Waals surface area contributed by atoms with E-state index in [-0.39, 0.29) is 5.91 Å². The normalized spacial score (nSPS) is 11.0. The maximum atomic E-state index is 13.0. The monoisotopic (exact) mass is 415 g/mol. The third kappa shape index (κ3) is 3.71. The van der Waals surface area contributed by atoms with Crippen molar-refractivity contribution in [2.45, 2.75) is 20.0 Å². The van der Waals surface area contributed by atoms with Crippen LogP contribution in [0.1, 0.15) is 25.8 Å². The third-order valence-electron chi connectivity index (χ3n) is 4.16.